The molecule has 1 N–H and O–H groups in total. The van der Waals surface area contributed by atoms with Crippen molar-refractivity contribution in [3.05, 3.63) is 17.6 Å². The first-order chi connectivity index (χ1) is 8.43. The van der Waals surface area contributed by atoms with Gasteiger partial charge >= 0.3 is 0 Å². The molecule has 1 heterocycles. The highest BCUT2D eigenvalue weighted by atomic mass is 15.0. The van der Waals surface area contributed by atoms with Gasteiger partial charge in [0.15, 0.2) is 0 Å². The standard InChI is InChI=1S/C14H21N3/c1-2-5-11(6-3-1)9-15-14-12-7-4-8-13(12)16-10-17-14/h10-11H,1-9H2,(H,15,16,17). The molecule has 0 radical (unpaired) electrons. The van der Waals surface area contributed by atoms with Crippen LogP contribution in [0.15, 0.2) is 6.33 Å². The van der Waals surface area contributed by atoms with Gasteiger partial charge in [0, 0.05) is 17.8 Å². The second kappa shape index (κ2) is 5.03. The summed E-state index contributed by atoms with van der Waals surface area (Å²) in [6, 6.07) is 0. The van der Waals surface area contributed by atoms with E-state index < -0.39 is 0 Å². The minimum absolute atomic E-state index is 0.857. The van der Waals surface area contributed by atoms with E-state index in [0.717, 1.165) is 31.1 Å². The second-order valence-corrected chi connectivity index (χ2v) is 5.39. The third-order valence-corrected chi connectivity index (χ3v) is 4.16. The van der Waals surface area contributed by atoms with Crippen LogP contribution in [0.3, 0.4) is 0 Å². The van der Waals surface area contributed by atoms with Crippen LogP contribution in [-0.2, 0) is 12.8 Å². The lowest BCUT2D eigenvalue weighted by atomic mass is 9.89. The maximum absolute atomic E-state index is 4.41. The number of nitrogens with zero attached hydrogens (tertiary/aromatic N) is 2. The zero-order valence-electron chi connectivity index (χ0n) is 10.4. The van der Waals surface area contributed by atoms with E-state index in [1.807, 2.05) is 0 Å². The molecule has 1 aromatic heterocycles. The molecule has 0 spiro atoms. The topological polar surface area (TPSA) is 37.8 Å². The van der Waals surface area contributed by atoms with Crippen molar-refractivity contribution in [2.45, 2.75) is 51.4 Å². The van der Waals surface area contributed by atoms with Crippen LogP contribution in [0.5, 0.6) is 0 Å². The summed E-state index contributed by atoms with van der Waals surface area (Å²) in [5, 5.41) is 3.56. The van der Waals surface area contributed by atoms with Crippen LogP contribution >= 0.6 is 0 Å². The Balaban J connectivity index is 1.63. The van der Waals surface area contributed by atoms with Gasteiger partial charge in [-0.15, -0.1) is 0 Å². The Labute approximate surface area is 103 Å². The van der Waals surface area contributed by atoms with E-state index in [1.54, 1.807) is 6.33 Å². The van der Waals surface area contributed by atoms with Crippen LogP contribution < -0.4 is 5.32 Å². The average molecular weight is 231 g/mol. The van der Waals surface area contributed by atoms with Crippen LogP contribution in [-0.4, -0.2) is 16.5 Å². The first-order valence-electron chi connectivity index (χ1n) is 7.00. The number of aromatic nitrogens is 2. The minimum atomic E-state index is 0.857. The van der Waals surface area contributed by atoms with Gasteiger partial charge in [0.05, 0.1) is 0 Å². The molecule has 3 heteroatoms. The van der Waals surface area contributed by atoms with Crippen molar-refractivity contribution in [3.8, 4) is 0 Å². The molecule has 17 heavy (non-hydrogen) atoms. The fraction of sp³-hybridized carbons (Fsp3) is 0.714. The summed E-state index contributed by atoms with van der Waals surface area (Å²) in [5.74, 6) is 1.97. The molecule has 3 rings (SSSR count). The molecule has 3 nitrogen and oxygen atoms in total. The quantitative estimate of drug-likeness (QED) is 0.869. The Bertz CT molecular complexity index is 383. The lowest BCUT2D eigenvalue weighted by Crippen LogP contribution is -2.18. The third kappa shape index (κ3) is 2.43. The second-order valence-electron chi connectivity index (χ2n) is 5.39. The number of hydrogen-bond acceptors (Lipinski definition) is 3. The van der Waals surface area contributed by atoms with Crippen LogP contribution in [0, 0.1) is 5.92 Å². The van der Waals surface area contributed by atoms with Crippen molar-refractivity contribution in [1.29, 1.82) is 0 Å². The summed E-state index contributed by atoms with van der Waals surface area (Å²) in [4.78, 5) is 8.78. The first kappa shape index (κ1) is 11.0. The van der Waals surface area contributed by atoms with Crippen molar-refractivity contribution in [3.63, 3.8) is 0 Å². The molecule has 1 saturated carbocycles. The van der Waals surface area contributed by atoms with Gasteiger partial charge in [-0.1, -0.05) is 19.3 Å². The zero-order valence-corrected chi connectivity index (χ0v) is 10.4. The maximum Gasteiger partial charge on any atom is 0.132 e. The highest BCUT2D eigenvalue weighted by molar-refractivity contribution is 5.47. The van der Waals surface area contributed by atoms with Gasteiger partial charge < -0.3 is 5.32 Å². The largest absolute Gasteiger partial charge is 0.369 e. The Morgan fingerprint density at radius 3 is 2.82 bits per heavy atom. The molecular formula is C14H21N3. The number of aryl methyl sites for hydroxylation is 1. The fourth-order valence-corrected chi connectivity index (χ4v) is 3.14. The van der Waals surface area contributed by atoms with Gasteiger partial charge in [-0.2, -0.15) is 0 Å². The van der Waals surface area contributed by atoms with E-state index in [9.17, 15) is 0 Å². The molecule has 0 aromatic carbocycles. The molecule has 0 saturated heterocycles. The third-order valence-electron chi connectivity index (χ3n) is 4.16. The Morgan fingerprint density at radius 2 is 1.94 bits per heavy atom. The van der Waals surface area contributed by atoms with Gasteiger partial charge in [-0.3, -0.25) is 0 Å². The van der Waals surface area contributed by atoms with Gasteiger partial charge in [0.25, 0.3) is 0 Å². The fourth-order valence-electron chi connectivity index (χ4n) is 3.14. The maximum atomic E-state index is 4.41. The van der Waals surface area contributed by atoms with Gasteiger partial charge in [0.2, 0.25) is 0 Å². The van der Waals surface area contributed by atoms with Crippen molar-refractivity contribution in [1.82, 2.24) is 9.97 Å². The van der Waals surface area contributed by atoms with Crippen LogP contribution in [0.1, 0.15) is 49.8 Å². The predicted molar refractivity (Wildman–Crippen MR) is 69.1 cm³/mol. The summed E-state index contributed by atoms with van der Waals surface area (Å²) in [5.41, 5.74) is 2.65. The Hall–Kier alpha value is -1.12. The number of hydrogen-bond donors (Lipinski definition) is 1. The predicted octanol–water partition coefficient (Wildman–Crippen LogP) is 2.96. The van der Waals surface area contributed by atoms with Gasteiger partial charge in [0.1, 0.15) is 12.1 Å². The molecule has 92 valence electrons. The molecule has 0 atom stereocenters. The number of anilines is 1. The van der Waals surface area contributed by atoms with Crippen LogP contribution in [0.4, 0.5) is 5.82 Å². The molecular weight excluding hydrogens is 210 g/mol. The van der Waals surface area contributed by atoms with Crippen LogP contribution in [0.2, 0.25) is 0 Å². The lowest BCUT2D eigenvalue weighted by Gasteiger charge is -2.22. The lowest BCUT2D eigenvalue weighted by molar-refractivity contribution is 0.373. The summed E-state index contributed by atoms with van der Waals surface area (Å²) >= 11 is 0. The highest BCUT2D eigenvalue weighted by Crippen LogP contribution is 2.27. The monoisotopic (exact) mass is 231 g/mol. The highest BCUT2D eigenvalue weighted by Gasteiger charge is 2.18. The average Bonchev–Trinajstić information content (AvgIpc) is 2.86. The number of nitrogens with one attached hydrogen (secondary N) is 1. The van der Waals surface area contributed by atoms with E-state index in [4.69, 9.17) is 0 Å². The van der Waals surface area contributed by atoms with Crippen molar-refractivity contribution >= 4 is 5.82 Å². The zero-order chi connectivity index (χ0) is 11.5. The number of rotatable bonds is 3. The van der Waals surface area contributed by atoms with E-state index in [2.05, 4.69) is 15.3 Å². The summed E-state index contributed by atoms with van der Waals surface area (Å²) in [6.07, 6.45) is 12.3. The summed E-state index contributed by atoms with van der Waals surface area (Å²) < 4.78 is 0. The van der Waals surface area contributed by atoms with E-state index in [-0.39, 0.29) is 0 Å². The molecule has 0 aliphatic heterocycles. The molecule has 0 bridgehead atoms. The molecule has 2 aliphatic carbocycles. The molecule has 1 fully saturated rings. The normalized spacial score (nSPS) is 20.2. The van der Waals surface area contributed by atoms with Crippen molar-refractivity contribution < 1.29 is 0 Å². The number of fused-ring (bicyclic) bond motifs is 1. The summed E-state index contributed by atoms with van der Waals surface area (Å²) in [6.45, 7) is 1.10. The summed E-state index contributed by atoms with van der Waals surface area (Å²) in [7, 11) is 0. The molecule has 0 amide bonds. The molecule has 2 aliphatic rings. The Kier molecular flexibility index (Phi) is 3.25. The SMILES string of the molecule is c1nc2c(c(NCC3CCCCC3)n1)CCC2. The van der Waals surface area contributed by atoms with E-state index in [1.165, 1.54) is 49.8 Å². The molecule has 1 aromatic rings. The van der Waals surface area contributed by atoms with Gasteiger partial charge in [-0.05, 0) is 38.0 Å². The minimum Gasteiger partial charge on any atom is -0.369 e. The first-order valence-corrected chi connectivity index (χ1v) is 7.00. The van der Waals surface area contributed by atoms with Crippen molar-refractivity contribution in [2.75, 3.05) is 11.9 Å². The smallest absolute Gasteiger partial charge is 0.132 e. The van der Waals surface area contributed by atoms with Crippen LogP contribution in [0.25, 0.3) is 0 Å². The Morgan fingerprint density at radius 1 is 1.06 bits per heavy atom. The van der Waals surface area contributed by atoms with E-state index >= 15 is 0 Å². The van der Waals surface area contributed by atoms with Gasteiger partial charge in [-0.25, -0.2) is 9.97 Å². The van der Waals surface area contributed by atoms with E-state index in [0.29, 0.717) is 0 Å². The molecule has 0 unspecified atom stereocenters. The van der Waals surface area contributed by atoms with Crippen molar-refractivity contribution in [2.24, 2.45) is 5.92 Å².